The number of carbonyl (C=O) groups is 1. The number of carbonyl (C=O) groups excluding carboxylic acids is 1. The summed E-state index contributed by atoms with van der Waals surface area (Å²) >= 11 is 0. The van der Waals surface area contributed by atoms with Crippen molar-refractivity contribution in [3.8, 4) is 0 Å². The molecule has 7 atom stereocenters. The Hall–Kier alpha value is -2.31. The predicted molar refractivity (Wildman–Crippen MR) is 219 cm³/mol. The van der Waals surface area contributed by atoms with Crippen molar-refractivity contribution >= 4 is 14.5 Å². The zero-order valence-corrected chi connectivity index (χ0v) is 36.0. The molecule has 0 saturated heterocycles. The molecule has 294 valence electrons. The van der Waals surface area contributed by atoms with Crippen LogP contribution in [0.5, 0.6) is 0 Å². The first-order valence-corrected chi connectivity index (χ1v) is 24.3. The van der Waals surface area contributed by atoms with Crippen LogP contribution in [0.15, 0.2) is 65.1 Å². The van der Waals surface area contributed by atoms with Crippen molar-refractivity contribution in [3.63, 3.8) is 0 Å². The minimum atomic E-state index is -1.84. The van der Waals surface area contributed by atoms with E-state index in [-0.39, 0.29) is 34.5 Å². The first-order valence-electron chi connectivity index (χ1n) is 21.4. The number of rotatable bonds is 11. The van der Waals surface area contributed by atoms with Gasteiger partial charge in [0.05, 0.1) is 11.9 Å². The largest absolute Gasteiger partial charge is 0.513 e. The van der Waals surface area contributed by atoms with Crippen LogP contribution in [0, 0.1) is 40.4 Å². The summed E-state index contributed by atoms with van der Waals surface area (Å²) in [7, 11) is -1.84. The molecule has 3 saturated carbocycles. The Bertz CT molecular complexity index is 1530. The average molecular weight is 745 g/mol. The van der Waals surface area contributed by atoms with Gasteiger partial charge in [0.15, 0.2) is 8.32 Å². The Kier molecular flexibility index (Phi) is 12.2. The van der Waals surface area contributed by atoms with Gasteiger partial charge in [-0.2, -0.15) is 0 Å². The molecular formula is C47H72O5Si. The molecule has 0 N–H and O–H groups in total. The van der Waals surface area contributed by atoms with E-state index in [1.165, 1.54) is 37.7 Å². The van der Waals surface area contributed by atoms with Gasteiger partial charge in [0.2, 0.25) is 0 Å². The van der Waals surface area contributed by atoms with E-state index in [0.29, 0.717) is 29.8 Å². The maximum absolute atomic E-state index is 13.5. The van der Waals surface area contributed by atoms with Gasteiger partial charge in [-0.15, -0.1) is 0 Å². The SMILES string of the molecule is CC(C)C/C=C(/OC1CCCCC1)[C@H](C)C1=C(OC(=O)OCc2ccccc2)C[C@H]2[C@@H]3CC=C4C[C@@H](O[Si](C)(C)C(C)(C)C)CC[C@]4(C)[C@H]3CC[C@]12C. The number of benzene rings is 1. The van der Waals surface area contributed by atoms with Gasteiger partial charge in [-0.25, -0.2) is 4.79 Å². The Morgan fingerprint density at radius 2 is 1.60 bits per heavy atom. The van der Waals surface area contributed by atoms with Crippen LogP contribution in [0.1, 0.15) is 144 Å². The zero-order valence-electron chi connectivity index (χ0n) is 35.0. The molecule has 0 radical (unpaired) electrons. The third kappa shape index (κ3) is 8.59. The van der Waals surface area contributed by atoms with Crippen LogP contribution >= 0.6 is 0 Å². The highest BCUT2D eigenvalue weighted by Gasteiger charge is 2.60. The maximum atomic E-state index is 13.5. The number of allylic oxidation sites excluding steroid dienone is 4. The van der Waals surface area contributed by atoms with Crippen LogP contribution in [-0.4, -0.2) is 26.7 Å². The van der Waals surface area contributed by atoms with Gasteiger partial charge in [-0.3, -0.25) is 0 Å². The quantitative estimate of drug-likeness (QED) is 0.0977. The van der Waals surface area contributed by atoms with Gasteiger partial charge in [-0.1, -0.05) is 104 Å². The van der Waals surface area contributed by atoms with E-state index in [1.807, 2.05) is 30.3 Å². The van der Waals surface area contributed by atoms with Gasteiger partial charge < -0.3 is 18.6 Å². The lowest BCUT2D eigenvalue weighted by Gasteiger charge is -2.58. The summed E-state index contributed by atoms with van der Waals surface area (Å²) in [4.78, 5) is 13.5. The lowest BCUT2D eigenvalue weighted by Crippen LogP contribution is -2.51. The standard InChI is InChI=1S/C47H72O5Si/c1-32(2)21-24-41(50-36-19-15-12-16-20-36)33(3)43-42(51-44(48)49-31-34-17-13-11-14-18-34)30-40-38-23-22-35-29-37(52-53(9,10)45(4,5)6)25-27-46(35,7)39(38)26-28-47(40,43)8/h11,13-14,17-18,22,24,32-33,36-40H,12,15-16,19-21,23,25-31H2,1-10H3/b41-24+/t33-,37-,38+,39-,40-,46-,47-/m0/s1. The minimum absolute atomic E-state index is 0.0346. The molecule has 6 rings (SSSR count). The lowest BCUT2D eigenvalue weighted by molar-refractivity contribution is -0.0320. The summed E-state index contributed by atoms with van der Waals surface area (Å²) in [6, 6.07) is 9.89. The van der Waals surface area contributed by atoms with Crippen LogP contribution < -0.4 is 0 Å². The predicted octanol–water partition coefficient (Wildman–Crippen LogP) is 13.5. The molecule has 5 aliphatic carbocycles. The molecule has 0 amide bonds. The maximum Gasteiger partial charge on any atom is 0.513 e. The van der Waals surface area contributed by atoms with E-state index in [9.17, 15) is 4.79 Å². The van der Waals surface area contributed by atoms with E-state index >= 15 is 0 Å². The van der Waals surface area contributed by atoms with Gasteiger partial charge in [0.25, 0.3) is 0 Å². The summed E-state index contributed by atoms with van der Waals surface area (Å²) in [6.45, 7) is 24.0. The molecule has 6 heteroatoms. The van der Waals surface area contributed by atoms with Crippen molar-refractivity contribution in [3.05, 3.63) is 70.7 Å². The Balaban J connectivity index is 1.28. The van der Waals surface area contributed by atoms with E-state index in [2.05, 4.69) is 80.6 Å². The zero-order chi connectivity index (χ0) is 38.2. The molecule has 0 heterocycles. The van der Waals surface area contributed by atoms with Gasteiger partial charge in [0, 0.05) is 18.4 Å². The molecule has 0 spiro atoms. The molecule has 0 aliphatic heterocycles. The smallest absolute Gasteiger partial charge is 0.494 e. The molecular weight excluding hydrogens is 673 g/mol. The summed E-state index contributed by atoms with van der Waals surface area (Å²) in [5.41, 5.74) is 4.03. The normalized spacial score (nSPS) is 31.7. The van der Waals surface area contributed by atoms with Gasteiger partial charge in [0.1, 0.15) is 12.4 Å². The van der Waals surface area contributed by atoms with E-state index in [1.54, 1.807) is 5.57 Å². The first kappa shape index (κ1) is 40.4. The van der Waals surface area contributed by atoms with Crippen LogP contribution in [0.25, 0.3) is 0 Å². The van der Waals surface area contributed by atoms with E-state index in [0.717, 1.165) is 68.4 Å². The molecule has 0 bridgehead atoms. The average Bonchev–Trinajstić information content (AvgIpc) is 3.40. The molecule has 1 aromatic rings. The third-order valence-electron chi connectivity index (χ3n) is 14.9. The minimum Gasteiger partial charge on any atom is -0.494 e. The first-order chi connectivity index (χ1) is 25.0. The van der Waals surface area contributed by atoms with Crippen molar-refractivity contribution in [2.75, 3.05) is 0 Å². The Morgan fingerprint density at radius 3 is 2.28 bits per heavy atom. The fourth-order valence-electron chi connectivity index (χ4n) is 10.9. The monoisotopic (exact) mass is 745 g/mol. The van der Waals surface area contributed by atoms with E-state index in [4.69, 9.17) is 18.6 Å². The van der Waals surface area contributed by atoms with Gasteiger partial charge in [-0.05, 0) is 140 Å². The molecule has 5 nitrogen and oxygen atoms in total. The van der Waals surface area contributed by atoms with Crippen molar-refractivity contribution in [1.82, 2.24) is 0 Å². The highest BCUT2D eigenvalue weighted by Crippen LogP contribution is 2.67. The van der Waals surface area contributed by atoms with Crippen LogP contribution in [0.3, 0.4) is 0 Å². The fraction of sp³-hybridized carbons (Fsp3) is 0.723. The molecule has 0 aromatic heterocycles. The number of ether oxygens (including phenoxy) is 3. The molecule has 1 aromatic carbocycles. The van der Waals surface area contributed by atoms with Crippen molar-refractivity contribution in [1.29, 1.82) is 0 Å². The molecule has 5 aliphatic rings. The second-order valence-corrected chi connectivity index (χ2v) is 24.7. The third-order valence-corrected chi connectivity index (χ3v) is 19.5. The Labute approximate surface area is 323 Å². The number of hydrogen-bond acceptors (Lipinski definition) is 5. The fourth-order valence-corrected chi connectivity index (χ4v) is 12.2. The topological polar surface area (TPSA) is 54.0 Å². The number of hydrogen-bond donors (Lipinski definition) is 0. The van der Waals surface area contributed by atoms with Crippen LogP contribution in [0.2, 0.25) is 18.1 Å². The Morgan fingerprint density at radius 1 is 0.906 bits per heavy atom. The summed E-state index contributed by atoms with van der Waals surface area (Å²) < 4.78 is 26.2. The van der Waals surface area contributed by atoms with Crippen LogP contribution in [0.4, 0.5) is 4.79 Å². The van der Waals surface area contributed by atoms with Crippen molar-refractivity contribution in [2.45, 2.75) is 176 Å². The lowest BCUT2D eigenvalue weighted by atomic mass is 9.47. The molecule has 53 heavy (non-hydrogen) atoms. The van der Waals surface area contributed by atoms with Crippen molar-refractivity contribution in [2.24, 2.45) is 40.4 Å². The summed E-state index contributed by atoms with van der Waals surface area (Å²) in [5, 5.41) is 0.219. The summed E-state index contributed by atoms with van der Waals surface area (Å²) in [5.74, 6) is 4.09. The van der Waals surface area contributed by atoms with Crippen molar-refractivity contribution < 1.29 is 23.4 Å². The highest BCUT2D eigenvalue weighted by molar-refractivity contribution is 6.74. The van der Waals surface area contributed by atoms with Crippen LogP contribution in [-0.2, 0) is 25.2 Å². The van der Waals surface area contributed by atoms with E-state index < -0.39 is 14.5 Å². The molecule has 0 unspecified atom stereocenters. The second-order valence-electron chi connectivity index (χ2n) is 20.0. The highest BCUT2D eigenvalue weighted by atomic mass is 28.4. The summed E-state index contributed by atoms with van der Waals surface area (Å²) in [6.07, 6.45) is 19.6. The second kappa shape index (κ2) is 16.0. The van der Waals surface area contributed by atoms with Gasteiger partial charge >= 0.3 is 6.16 Å². The number of fused-ring (bicyclic) bond motifs is 5. The molecule has 3 fully saturated rings.